The summed E-state index contributed by atoms with van der Waals surface area (Å²) in [7, 11) is 0. The first kappa shape index (κ1) is 71.4. The van der Waals surface area contributed by atoms with Crippen molar-refractivity contribution in [3.8, 4) is 28.4 Å². The molecule has 20 nitrogen and oxygen atoms in total. The van der Waals surface area contributed by atoms with E-state index in [2.05, 4.69) is 17.4 Å². The predicted molar refractivity (Wildman–Crippen MR) is 382 cm³/mol. The molecule has 1 aliphatic carbocycles. The summed E-state index contributed by atoms with van der Waals surface area (Å²) in [4.78, 5) is 96.6. The Labute approximate surface area is 596 Å². The van der Waals surface area contributed by atoms with E-state index >= 15 is 0 Å². The molecule has 0 aromatic heterocycles. The highest BCUT2D eigenvalue weighted by Crippen LogP contribution is 2.50. The van der Waals surface area contributed by atoms with Crippen LogP contribution >= 0.6 is 23.2 Å². The zero-order chi connectivity index (χ0) is 71.3. The molecule has 4 aliphatic heterocycles. The topological polar surface area (TPSA) is 230 Å². The minimum Gasteiger partial charge on any atom is -0.491 e. The largest absolute Gasteiger partial charge is 0.491 e. The third-order valence-electron chi connectivity index (χ3n) is 19.5. The Morgan fingerprint density at radius 1 is 0.535 bits per heavy atom. The summed E-state index contributed by atoms with van der Waals surface area (Å²) in [5, 5.41) is 5.78. The third kappa shape index (κ3) is 15.0. The van der Waals surface area contributed by atoms with Crippen molar-refractivity contribution >= 4 is 110 Å². The highest BCUT2D eigenvalue weighted by Gasteiger charge is 2.51. The van der Waals surface area contributed by atoms with Crippen LogP contribution in [0.15, 0.2) is 140 Å². The van der Waals surface area contributed by atoms with E-state index in [0.29, 0.717) is 63.4 Å². The van der Waals surface area contributed by atoms with E-state index in [1.165, 1.54) is 39.8 Å². The Kier molecular flexibility index (Phi) is 22.0. The van der Waals surface area contributed by atoms with Gasteiger partial charge in [0.25, 0.3) is 11.8 Å². The van der Waals surface area contributed by atoms with Crippen molar-refractivity contribution in [2.75, 3.05) is 54.4 Å². The summed E-state index contributed by atoms with van der Waals surface area (Å²) in [6.45, 7) is 13.3. The van der Waals surface area contributed by atoms with Gasteiger partial charge in [0.2, 0.25) is 24.8 Å². The number of esters is 4. The average Bonchev–Trinajstić information content (AvgIpc) is 1.65. The van der Waals surface area contributed by atoms with E-state index in [-0.39, 0.29) is 80.1 Å². The number of halogens is 2. The number of alkyl halides is 2. The summed E-state index contributed by atoms with van der Waals surface area (Å²) < 4.78 is 62.0. The number of ether oxygens (including phenoxy) is 10. The van der Waals surface area contributed by atoms with Crippen molar-refractivity contribution in [2.45, 2.75) is 135 Å². The maximum Gasteiger partial charge on any atom is 0.407 e. The number of hydrogen-bond donors (Lipinski definition) is 1. The Balaban J connectivity index is 0.828. The molecule has 528 valence electrons. The van der Waals surface area contributed by atoms with Gasteiger partial charge in [-0.2, -0.15) is 0 Å². The summed E-state index contributed by atoms with van der Waals surface area (Å²) in [6, 6.07) is 40.1. The molecule has 0 unspecified atom stereocenters. The van der Waals surface area contributed by atoms with Crippen LogP contribution in [-0.4, -0.2) is 136 Å². The van der Waals surface area contributed by atoms with Gasteiger partial charge >= 0.3 is 30.0 Å². The van der Waals surface area contributed by atoms with Crippen LogP contribution in [-0.2, 0) is 61.9 Å². The molecule has 7 aromatic carbocycles. The van der Waals surface area contributed by atoms with Gasteiger partial charge in [-0.05, 0) is 80.8 Å². The number of carbonyl (C=O) groups excluding carboxylic acids is 7. The normalized spacial score (nSPS) is 23.6. The third-order valence-corrected chi connectivity index (χ3v) is 20.3. The second-order valence-corrected chi connectivity index (χ2v) is 26.6. The summed E-state index contributed by atoms with van der Waals surface area (Å²) in [6.07, 6.45) is -0.719. The van der Waals surface area contributed by atoms with Crippen molar-refractivity contribution in [3.63, 3.8) is 0 Å². The number of carbonyl (C=O) groups is 7. The highest BCUT2D eigenvalue weighted by molar-refractivity contribution is 6.20. The van der Waals surface area contributed by atoms with E-state index in [1.807, 2.05) is 113 Å². The minimum atomic E-state index is -1.21. The van der Waals surface area contributed by atoms with E-state index in [0.717, 1.165) is 44.2 Å². The molecule has 101 heavy (non-hydrogen) atoms. The maximum atomic E-state index is 14.9. The monoisotopic (exact) mass is 1410 g/mol. The molecule has 0 saturated carbocycles. The van der Waals surface area contributed by atoms with Gasteiger partial charge in [0, 0.05) is 123 Å². The number of amides is 3. The molecular formula is C79H81Cl2N3O17. The van der Waals surface area contributed by atoms with E-state index in [4.69, 9.17) is 70.6 Å². The van der Waals surface area contributed by atoms with Crippen LogP contribution in [0.1, 0.15) is 119 Å². The Bertz CT molecular complexity index is 4340. The smallest absolute Gasteiger partial charge is 0.407 e. The second-order valence-electron chi connectivity index (χ2n) is 26.0. The number of benzene rings is 7. The number of fused-ring (bicyclic) bond motifs is 9. The fourth-order valence-corrected chi connectivity index (χ4v) is 15.4. The fraction of sp³-hybridized carbons (Fsp3) is 0.380. The molecule has 12 rings (SSSR count). The number of rotatable bonds is 22. The minimum absolute atomic E-state index is 0.0286. The summed E-state index contributed by atoms with van der Waals surface area (Å²) in [5.74, 6) is -3.20. The summed E-state index contributed by atoms with van der Waals surface area (Å²) >= 11 is 13.5. The number of nitrogens with one attached hydrogen (secondary N) is 1. The first-order chi connectivity index (χ1) is 48.8. The van der Waals surface area contributed by atoms with Crippen LogP contribution in [0.4, 0.5) is 16.2 Å². The molecule has 22 heteroatoms. The van der Waals surface area contributed by atoms with Crippen LogP contribution in [0.2, 0.25) is 0 Å². The lowest BCUT2D eigenvalue weighted by molar-refractivity contribution is -0.266. The van der Waals surface area contributed by atoms with Gasteiger partial charge in [-0.1, -0.05) is 137 Å². The van der Waals surface area contributed by atoms with Crippen LogP contribution in [0, 0.1) is 11.8 Å². The molecule has 7 aromatic rings. The molecular weight excluding hydrogens is 1330 g/mol. The number of alkyl carbamates (subject to hydrolysis) is 1. The average molecular weight is 1420 g/mol. The molecule has 2 saturated heterocycles. The molecule has 2 fully saturated rings. The van der Waals surface area contributed by atoms with Crippen molar-refractivity contribution in [1.29, 1.82) is 0 Å². The van der Waals surface area contributed by atoms with Gasteiger partial charge in [-0.15, -0.1) is 23.2 Å². The summed E-state index contributed by atoms with van der Waals surface area (Å²) in [5.41, 5.74) is 8.16. The maximum absolute atomic E-state index is 14.9. The standard InChI is InChI=1S/C79H81Cl2N3O17/c1-9-64-43(3)73(94-45(5)85)75(96-47(7)87)77(98-64)100-67-36-62-71(59-25-17-15-23-57(59)67)51(38-80)40-83(62)69(89)31-28-49-27-29-50(66(35-49)92-34-33-82-79(91)93-42-61-55-21-13-11-19-53(55)54-20-12-14-22-56(54)61)30-32-70(90)84-41-52(39-81)72-60-26-18-16-24-58(60)68(37-63(72)84)101-78-76(97-48(8)88)74(95-46(6)86)44(4)65(10-2)99-78/h11-32,35-37,43-44,51-52,61,64-65,73-78H,9-10,33-34,38-42H2,1-8H3,(H,82,91)/b31-28+,32-30+/t43-,44-,51+,52+,64+,65+,73-,74-,75+,76+,77-,78-/m0/s1. The molecule has 5 aliphatic rings. The lowest BCUT2D eigenvalue weighted by Gasteiger charge is -2.44. The van der Waals surface area contributed by atoms with Crippen molar-refractivity contribution in [2.24, 2.45) is 11.8 Å². The van der Waals surface area contributed by atoms with Gasteiger partial charge in [0.15, 0.2) is 0 Å². The van der Waals surface area contributed by atoms with Gasteiger partial charge < -0.3 is 62.5 Å². The van der Waals surface area contributed by atoms with Crippen molar-refractivity contribution in [1.82, 2.24) is 5.32 Å². The van der Waals surface area contributed by atoms with Gasteiger partial charge in [0.1, 0.15) is 42.7 Å². The quantitative estimate of drug-likeness (QED) is 0.0219. The highest BCUT2D eigenvalue weighted by atomic mass is 35.5. The van der Waals surface area contributed by atoms with Crippen molar-refractivity contribution < 1.29 is 80.9 Å². The van der Waals surface area contributed by atoms with E-state index in [9.17, 15) is 33.6 Å². The Hall–Kier alpha value is -9.47. The van der Waals surface area contributed by atoms with E-state index < -0.39 is 85.1 Å². The molecule has 4 heterocycles. The predicted octanol–water partition coefficient (Wildman–Crippen LogP) is 13.7. The van der Waals surface area contributed by atoms with Crippen LogP contribution < -0.4 is 29.3 Å². The van der Waals surface area contributed by atoms with Crippen LogP contribution in [0.3, 0.4) is 0 Å². The molecule has 0 radical (unpaired) electrons. The molecule has 3 amide bonds. The molecule has 0 spiro atoms. The fourth-order valence-electron chi connectivity index (χ4n) is 14.9. The van der Waals surface area contributed by atoms with E-state index in [1.54, 1.807) is 52.3 Å². The first-order valence-electron chi connectivity index (χ1n) is 34.2. The molecule has 0 bridgehead atoms. The molecule has 12 atom stereocenters. The van der Waals surface area contributed by atoms with Crippen LogP contribution in [0.25, 0.3) is 44.8 Å². The lowest BCUT2D eigenvalue weighted by Crippen LogP contribution is -2.58. The van der Waals surface area contributed by atoms with Crippen molar-refractivity contribution in [3.05, 3.63) is 173 Å². The number of hydrogen-bond acceptors (Lipinski definition) is 17. The van der Waals surface area contributed by atoms with Crippen LogP contribution in [0.5, 0.6) is 17.2 Å². The SMILES string of the molecule is CC[C@H]1O[C@@H](Oc2cc3c(c4ccccc24)[C@H](CCl)CN3C(=O)/C=C/c2ccc(/C=C/C(=O)N3C[C@@H](CCl)c4c3cc(O[C@@H]3O[C@H](CC)[C@H](C)[C@H](OC(C)=O)[C@H]3OC(C)=O)c3ccccc43)c(OCCNC(=O)OCC3c4ccccc4-c4ccccc43)c2)[C@H](OC(C)=O)[C@@H](OC(C)=O)[C@H]1C. The van der Waals surface area contributed by atoms with Gasteiger partial charge in [-0.3, -0.25) is 28.8 Å². The molecule has 1 N–H and O–H groups in total. The van der Waals surface area contributed by atoms with Gasteiger partial charge in [0.05, 0.1) is 30.1 Å². The Morgan fingerprint density at radius 2 is 0.970 bits per heavy atom. The number of nitrogens with zero attached hydrogens (tertiary/aromatic N) is 2. The second kappa shape index (κ2) is 31.2. The van der Waals surface area contributed by atoms with Gasteiger partial charge in [-0.25, -0.2) is 4.79 Å². The first-order valence-corrected chi connectivity index (χ1v) is 35.3. The number of anilines is 2. The Morgan fingerprint density at radius 3 is 1.43 bits per heavy atom. The zero-order valence-corrected chi connectivity index (χ0v) is 58.9. The zero-order valence-electron chi connectivity index (χ0n) is 57.4. The lowest BCUT2D eigenvalue weighted by atomic mass is 9.89.